The van der Waals surface area contributed by atoms with Crippen LogP contribution in [-0.2, 0) is 11.0 Å². The van der Waals surface area contributed by atoms with Crippen molar-refractivity contribution in [3.8, 4) is 11.8 Å². The second-order valence-corrected chi connectivity index (χ2v) is 4.93. The van der Waals surface area contributed by atoms with Crippen LogP contribution in [0.5, 0.6) is 5.75 Å². The number of para-hydroxylation sites is 1. The molecule has 0 bridgehead atoms. The zero-order valence-electron chi connectivity index (χ0n) is 12.6. The second kappa shape index (κ2) is 7.04. The molecule has 0 spiro atoms. The van der Waals surface area contributed by atoms with Gasteiger partial charge >= 0.3 is 6.18 Å². The largest absolute Gasteiger partial charge is 0.480 e. The van der Waals surface area contributed by atoms with Gasteiger partial charge in [0.1, 0.15) is 5.75 Å². The number of carbonyl (C=O) groups excluding carboxylic acids is 1. The van der Waals surface area contributed by atoms with Crippen LogP contribution in [0.4, 0.5) is 18.9 Å². The van der Waals surface area contributed by atoms with Crippen molar-refractivity contribution in [3.05, 3.63) is 59.7 Å². The lowest BCUT2D eigenvalue weighted by molar-refractivity contribution is -0.140. The first-order valence-electron chi connectivity index (χ1n) is 6.95. The third-order valence-electron chi connectivity index (χ3n) is 3.15. The molecular weight excluding hydrogens is 321 g/mol. The molecule has 0 aliphatic carbocycles. The van der Waals surface area contributed by atoms with E-state index in [1.54, 1.807) is 0 Å². The number of anilines is 1. The van der Waals surface area contributed by atoms with Gasteiger partial charge in [-0.05, 0) is 43.3 Å². The highest BCUT2D eigenvalue weighted by Gasteiger charge is 2.34. The first kappa shape index (κ1) is 17.3. The fraction of sp³-hybridized carbons (Fsp3) is 0.176. The number of benzene rings is 2. The Morgan fingerprint density at radius 1 is 1.17 bits per heavy atom. The molecule has 1 N–H and O–H groups in total. The van der Waals surface area contributed by atoms with Crippen LogP contribution < -0.4 is 10.1 Å². The van der Waals surface area contributed by atoms with Crippen molar-refractivity contribution >= 4 is 11.6 Å². The quantitative estimate of drug-likeness (QED) is 0.920. The Hall–Kier alpha value is -3.01. The van der Waals surface area contributed by atoms with E-state index in [-0.39, 0.29) is 0 Å². The first-order chi connectivity index (χ1) is 11.3. The van der Waals surface area contributed by atoms with Crippen LogP contribution >= 0.6 is 0 Å². The molecule has 0 fully saturated rings. The number of nitrogens with zero attached hydrogens (tertiary/aromatic N) is 1. The Balaban J connectivity index is 2.08. The topological polar surface area (TPSA) is 62.1 Å². The fourth-order valence-electron chi connectivity index (χ4n) is 1.92. The van der Waals surface area contributed by atoms with Crippen molar-refractivity contribution in [1.82, 2.24) is 0 Å². The SMILES string of the molecule is CC(Oc1ccccc1C(F)(F)F)C(=O)Nc1ccc(C#N)cc1. The van der Waals surface area contributed by atoms with E-state index in [0.29, 0.717) is 11.3 Å². The highest BCUT2D eigenvalue weighted by molar-refractivity contribution is 5.94. The minimum atomic E-state index is -4.57. The smallest absolute Gasteiger partial charge is 0.419 e. The first-order valence-corrected chi connectivity index (χ1v) is 6.95. The van der Waals surface area contributed by atoms with Crippen LogP contribution in [0.3, 0.4) is 0 Å². The van der Waals surface area contributed by atoms with Crippen LogP contribution in [-0.4, -0.2) is 12.0 Å². The average molecular weight is 334 g/mol. The van der Waals surface area contributed by atoms with Gasteiger partial charge in [0.05, 0.1) is 17.2 Å². The fourth-order valence-corrected chi connectivity index (χ4v) is 1.92. The molecule has 124 valence electrons. The number of nitrogens with one attached hydrogen (secondary N) is 1. The molecule has 2 rings (SSSR count). The van der Waals surface area contributed by atoms with E-state index in [2.05, 4.69) is 5.32 Å². The molecule has 2 aromatic rings. The molecule has 7 heteroatoms. The van der Waals surface area contributed by atoms with Gasteiger partial charge < -0.3 is 10.1 Å². The van der Waals surface area contributed by atoms with Gasteiger partial charge in [-0.25, -0.2) is 0 Å². The number of hydrogen-bond donors (Lipinski definition) is 1. The zero-order chi connectivity index (χ0) is 17.7. The summed E-state index contributed by atoms with van der Waals surface area (Å²) in [6.45, 7) is 1.35. The molecule has 0 aliphatic rings. The van der Waals surface area contributed by atoms with E-state index in [4.69, 9.17) is 10.00 Å². The minimum absolute atomic E-state index is 0.410. The van der Waals surface area contributed by atoms with E-state index in [1.807, 2.05) is 6.07 Å². The third-order valence-corrected chi connectivity index (χ3v) is 3.15. The van der Waals surface area contributed by atoms with Gasteiger partial charge in [0, 0.05) is 5.69 Å². The summed E-state index contributed by atoms with van der Waals surface area (Å²) >= 11 is 0. The Morgan fingerprint density at radius 2 is 1.79 bits per heavy atom. The normalized spacial score (nSPS) is 12.1. The van der Waals surface area contributed by atoms with E-state index >= 15 is 0 Å². The zero-order valence-corrected chi connectivity index (χ0v) is 12.6. The lowest BCUT2D eigenvalue weighted by atomic mass is 10.2. The number of carbonyl (C=O) groups is 1. The summed E-state index contributed by atoms with van der Waals surface area (Å²) in [6.07, 6.45) is -5.70. The van der Waals surface area contributed by atoms with Crippen LogP contribution in [0.25, 0.3) is 0 Å². The van der Waals surface area contributed by atoms with Crippen molar-refractivity contribution in [3.63, 3.8) is 0 Å². The van der Waals surface area contributed by atoms with Crippen molar-refractivity contribution in [2.24, 2.45) is 0 Å². The molecule has 1 atom stereocenters. The summed E-state index contributed by atoms with van der Waals surface area (Å²) in [6, 6.07) is 12.7. The lowest BCUT2D eigenvalue weighted by Crippen LogP contribution is -2.30. The molecule has 4 nitrogen and oxygen atoms in total. The van der Waals surface area contributed by atoms with Gasteiger partial charge in [0.15, 0.2) is 6.10 Å². The number of nitriles is 1. The van der Waals surface area contributed by atoms with Gasteiger partial charge in [-0.15, -0.1) is 0 Å². The minimum Gasteiger partial charge on any atom is -0.480 e. The van der Waals surface area contributed by atoms with Gasteiger partial charge in [0.25, 0.3) is 5.91 Å². The standard InChI is InChI=1S/C17H13F3N2O2/c1-11(16(23)22-13-8-6-12(10-21)7-9-13)24-15-5-3-2-4-14(15)17(18,19)20/h2-9,11H,1H3,(H,22,23). The summed E-state index contributed by atoms with van der Waals surface area (Å²) in [5.41, 5.74) is -0.0991. The van der Waals surface area contributed by atoms with Gasteiger partial charge in [-0.3, -0.25) is 4.79 Å². The highest BCUT2D eigenvalue weighted by Crippen LogP contribution is 2.36. The molecule has 0 aliphatic heterocycles. The molecule has 0 saturated carbocycles. The third kappa shape index (κ3) is 4.26. The van der Waals surface area contributed by atoms with Crippen LogP contribution in [0.15, 0.2) is 48.5 Å². The molecule has 0 heterocycles. The summed E-state index contributed by atoms with van der Waals surface area (Å²) < 4.78 is 43.9. The summed E-state index contributed by atoms with van der Waals surface area (Å²) in [5.74, 6) is -1.01. The molecule has 0 radical (unpaired) electrons. The molecule has 0 aromatic heterocycles. The monoisotopic (exact) mass is 334 g/mol. The van der Waals surface area contributed by atoms with Crippen molar-refractivity contribution in [1.29, 1.82) is 5.26 Å². The Bertz CT molecular complexity index is 765. The predicted molar refractivity (Wildman–Crippen MR) is 81.3 cm³/mol. The van der Waals surface area contributed by atoms with Gasteiger partial charge in [0.2, 0.25) is 0 Å². The van der Waals surface area contributed by atoms with E-state index in [9.17, 15) is 18.0 Å². The van der Waals surface area contributed by atoms with Crippen molar-refractivity contribution < 1.29 is 22.7 Å². The summed E-state index contributed by atoms with van der Waals surface area (Å²) in [7, 11) is 0. The van der Waals surface area contributed by atoms with Gasteiger partial charge in [-0.1, -0.05) is 12.1 Å². The van der Waals surface area contributed by atoms with E-state index in [1.165, 1.54) is 43.3 Å². The number of halogens is 3. The molecular formula is C17H13F3N2O2. The summed E-state index contributed by atoms with van der Waals surface area (Å²) in [4.78, 5) is 12.0. The number of hydrogen-bond acceptors (Lipinski definition) is 3. The number of amides is 1. The summed E-state index contributed by atoms with van der Waals surface area (Å²) in [5, 5.41) is 11.2. The van der Waals surface area contributed by atoms with Crippen LogP contribution in [0, 0.1) is 11.3 Å². The maximum Gasteiger partial charge on any atom is 0.419 e. The Labute approximate surface area is 136 Å². The molecule has 1 amide bonds. The number of rotatable bonds is 4. The number of ether oxygens (including phenoxy) is 1. The molecule has 2 aromatic carbocycles. The maximum atomic E-state index is 12.9. The Kier molecular flexibility index (Phi) is 5.09. The average Bonchev–Trinajstić information content (AvgIpc) is 2.55. The molecule has 24 heavy (non-hydrogen) atoms. The van der Waals surface area contributed by atoms with Crippen molar-refractivity contribution in [2.75, 3.05) is 5.32 Å². The lowest BCUT2D eigenvalue weighted by Gasteiger charge is -2.18. The van der Waals surface area contributed by atoms with Crippen LogP contribution in [0.2, 0.25) is 0 Å². The second-order valence-electron chi connectivity index (χ2n) is 4.93. The van der Waals surface area contributed by atoms with Crippen molar-refractivity contribution in [2.45, 2.75) is 19.2 Å². The molecule has 0 saturated heterocycles. The van der Waals surface area contributed by atoms with E-state index < -0.39 is 29.5 Å². The van der Waals surface area contributed by atoms with Gasteiger partial charge in [-0.2, -0.15) is 18.4 Å². The predicted octanol–water partition coefficient (Wildman–Crippen LogP) is 3.98. The maximum absolute atomic E-state index is 12.9. The van der Waals surface area contributed by atoms with E-state index in [0.717, 1.165) is 12.1 Å². The molecule has 1 unspecified atom stereocenters. The number of alkyl halides is 3. The van der Waals surface area contributed by atoms with Crippen LogP contribution in [0.1, 0.15) is 18.1 Å². The Morgan fingerprint density at radius 3 is 2.38 bits per heavy atom. The highest BCUT2D eigenvalue weighted by atomic mass is 19.4.